The van der Waals surface area contributed by atoms with Gasteiger partial charge in [0, 0.05) is 17.6 Å². The Balaban J connectivity index is 1.82. The summed E-state index contributed by atoms with van der Waals surface area (Å²) in [6, 6.07) is 7.04. The number of benzene rings is 1. The van der Waals surface area contributed by atoms with Gasteiger partial charge >= 0.3 is 0 Å². The molecule has 3 heterocycles. The first kappa shape index (κ1) is 18.9. The number of nitrogens with zero attached hydrogens (tertiary/aromatic N) is 2. The molecule has 148 valence electrons. The predicted octanol–water partition coefficient (Wildman–Crippen LogP) is 3.29. The molecule has 2 fully saturated rings. The molecular formula is C23H28N2O3. The molecule has 0 radical (unpaired) electrons. The number of rotatable bonds is 4. The van der Waals surface area contributed by atoms with Gasteiger partial charge in [0.1, 0.15) is 6.04 Å². The number of unbranched alkanes of at least 4 members (excludes halogenated alkanes) is 1. The summed E-state index contributed by atoms with van der Waals surface area (Å²) >= 11 is 0. The van der Waals surface area contributed by atoms with Crippen molar-refractivity contribution in [1.82, 2.24) is 4.90 Å². The summed E-state index contributed by atoms with van der Waals surface area (Å²) in [6.45, 7) is 8.16. The number of hydrogen-bond acceptors (Lipinski definition) is 4. The first-order valence-electron chi connectivity index (χ1n) is 10.2. The molecular weight excluding hydrogens is 352 g/mol. The SMILES string of the molecule is CCCCN1C(=O)[C@@H]2[C@H](C1=O)[C@@H](C(=O)C(C)(C)C)N1c3ccccc3C=C[C@@H]21. The lowest BCUT2D eigenvalue weighted by atomic mass is 9.79. The largest absolute Gasteiger partial charge is 0.353 e. The molecule has 3 aliphatic heterocycles. The summed E-state index contributed by atoms with van der Waals surface area (Å²) in [4.78, 5) is 43.5. The highest BCUT2D eigenvalue weighted by atomic mass is 16.2. The Morgan fingerprint density at radius 3 is 2.43 bits per heavy atom. The zero-order valence-corrected chi connectivity index (χ0v) is 17.0. The van der Waals surface area contributed by atoms with Crippen LogP contribution < -0.4 is 4.90 Å². The average molecular weight is 380 g/mol. The van der Waals surface area contributed by atoms with Crippen molar-refractivity contribution in [2.75, 3.05) is 11.4 Å². The topological polar surface area (TPSA) is 57.7 Å². The van der Waals surface area contributed by atoms with Crippen LogP contribution in [0.3, 0.4) is 0 Å². The maximum absolute atomic E-state index is 13.5. The van der Waals surface area contributed by atoms with E-state index in [0.717, 1.165) is 24.1 Å². The van der Waals surface area contributed by atoms with E-state index in [0.29, 0.717) is 6.54 Å². The first-order valence-corrected chi connectivity index (χ1v) is 10.2. The van der Waals surface area contributed by atoms with Crippen LogP contribution in [0.25, 0.3) is 6.08 Å². The maximum Gasteiger partial charge on any atom is 0.235 e. The second-order valence-electron chi connectivity index (χ2n) is 9.11. The van der Waals surface area contributed by atoms with Gasteiger partial charge in [-0.25, -0.2) is 0 Å². The van der Waals surface area contributed by atoms with E-state index in [1.165, 1.54) is 4.90 Å². The van der Waals surface area contributed by atoms with E-state index < -0.39 is 23.3 Å². The van der Waals surface area contributed by atoms with Gasteiger partial charge in [0.05, 0.1) is 17.9 Å². The van der Waals surface area contributed by atoms with E-state index >= 15 is 0 Å². The average Bonchev–Trinajstić information content (AvgIpc) is 3.12. The number of carbonyl (C=O) groups is 3. The summed E-state index contributed by atoms with van der Waals surface area (Å²) in [5.74, 6) is -1.35. The van der Waals surface area contributed by atoms with Gasteiger partial charge in [-0.1, -0.05) is 64.5 Å². The van der Waals surface area contributed by atoms with Crippen molar-refractivity contribution in [2.24, 2.45) is 17.3 Å². The molecule has 0 spiro atoms. The third-order valence-corrected chi connectivity index (χ3v) is 6.25. The van der Waals surface area contributed by atoms with Gasteiger partial charge in [0.2, 0.25) is 11.8 Å². The Kier molecular flexibility index (Phi) is 4.44. The minimum atomic E-state index is -0.607. The highest BCUT2D eigenvalue weighted by Crippen LogP contribution is 2.49. The Morgan fingerprint density at radius 1 is 1.07 bits per heavy atom. The minimum absolute atomic E-state index is 0.0218. The number of likely N-dealkylation sites (tertiary alicyclic amines) is 1. The van der Waals surface area contributed by atoms with Gasteiger partial charge in [-0.15, -0.1) is 0 Å². The standard InChI is InChI=1S/C23H28N2O3/c1-5-6-13-24-21(27)17-16-12-11-14-9-7-8-10-15(14)25(16)19(18(17)22(24)28)20(26)23(2,3)4/h7-12,16-19H,5-6,13H2,1-4H3/t16-,17-,18-,19-/m0/s1. The van der Waals surface area contributed by atoms with E-state index in [1.807, 2.05) is 69.0 Å². The third kappa shape index (κ3) is 2.63. The Bertz CT molecular complexity index is 867. The third-order valence-electron chi connectivity index (χ3n) is 6.25. The minimum Gasteiger partial charge on any atom is -0.353 e. The van der Waals surface area contributed by atoms with Crippen LogP contribution in [-0.2, 0) is 14.4 Å². The molecule has 0 N–H and O–H groups in total. The van der Waals surface area contributed by atoms with Crippen LogP contribution >= 0.6 is 0 Å². The van der Waals surface area contributed by atoms with E-state index in [2.05, 4.69) is 0 Å². The van der Waals surface area contributed by atoms with Crippen LogP contribution in [0, 0.1) is 17.3 Å². The molecule has 5 nitrogen and oxygen atoms in total. The number of amides is 2. The van der Waals surface area contributed by atoms with Crippen molar-refractivity contribution in [2.45, 2.75) is 52.6 Å². The fourth-order valence-corrected chi connectivity index (χ4v) is 4.86. The maximum atomic E-state index is 13.5. The molecule has 1 aromatic carbocycles. The number of anilines is 1. The number of hydrogen-bond donors (Lipinski definition) is 0. The van der Waals surface area contributed by atoms with Crippen LogP contribution in [0.5, 0.6) is 0 Å². The number of carbonyl (C=O) groups excluding carboxylic acids is 3. The lowest BCUT2D eigenvalue weighted by molar-refractivity contribution is -0.142. The Labute approximate surface area is 166 Å². The molecule has 0 unspecified atom stereocenters. The van der Waals surface area contributed by atoms with Crippen LogP contribution in [0.2, 0.25) is 0 Å². The summed E-state index contributed by atoms with van der Waals surface area (Å²) in [5, 5.41) is 0. The highest BCUT2D eigenvalue weighted by Gasteiger charge is 2.64. The summed E-state index contributed by atoms with van der Waals surface area (Å²) in [5.41, 5.74) is 1.36. The summed E-state index contributed by atoms with van der Waals surface area (Å²) in [6.07, 6.45) is 5.73. The fourth-order valence-electron chi connectivity index (χ4n) is 4.86. The molecule has 0 saturated carbocycles. The smallest absolute Gasteiger partial charge is 0.235 e. The molecule has 4 atom stereocenters. The number of para-hydroxylation sites is 1. The van der Waals surface area contributed by atoms with Gasteiger partial charge in [-0.3, -0.25) is 19.3 Å². The van der Waals surface area contributed by atoms with Gasteiger partial charge in [-0.05, 0) is 18.1 Å². The van der Waals surface area contributed by atoms with Crippen molar-refractivity contribution in [3.05, 3.63) is 35.9 Å². The van der Waals surface area contributed by atoms with Gasteiger partial charge in [0.15, 0.2) is 5.78 Å². The molecule has 0 bridgehead atoms. The molecule has 0 aliphatic carbocycles. The van der Waals surface area contributed by atoms with E-state index in [4.69, 9.17) is 0 Å². The normalized spacial score (nSPS) is 28.4. The van der Waals surface area contributed by atoms with Gasteiger partial charge < -0.3 is 4.90 Å². The Hall–Kier alpha value is -2.43. The van der Waals surface area contributed by atoms with Crippen LogP contribution in [0.1, 0.15) is 46.1 Å². The first-order chi connectivity index (χ1) is 13.3. The van der Waals surface area contributed by atoms with Crippen molar-refractivity contribution in [1.29, 1.82) is 0 Å². The lowest BCUT2D eigenvalue weighted by Gasteiger charge is -2.38. The molecule has 0 aromatic heterocycles. The molecule has 5 heteroatoms. The Morgan fingerprint density at radius 2 is 1.75 bits per heavy atom. The quantitative estimate of drug-likeness (QED) is 0.752. The summed E-state index contributed by atoms with van der Waals surface area (Å²) in [7, 11) is 0. The van der Waals surface area contributed by atoms with Crippen LogP contribution in [0.4, 0.5) is 5.69 Å². The number of imide groups is 1. The number of ketones is 1. The van der Waals surface area contributed by atoms with E-state index in [9.17, 15) is 14.4 Å². The second-order valence-corrected chi connectivity index (χ2v) is 9.11. The van der Waals surface area contributed by atoms with Crippen LogP contribution in [0.15, 0.2) is 30.3 Å². The molecule has 4 rings (SSSR count). The molecule has 2 saturated heterocycles. The van der Waals surface area contributed by atoms with Crippen molar-refractivity contribution >= 4 is 29.4 Å². The lowest BCUT2D eigenvalue weighted by Crippen LogP contribution is -2.51. The van der Waals surface area contributed by atoms with E-state index in [1.54, 1.807) is 0 Å². The zero-order chi connectivity index (χ0) is 20.2. The molecule has 28 heavy (non-hydrogen) atoms. The van der Waals surface area contributed by atoms with Crippen molar-refractivity contribution in [3.8, 4) is 0 Å². The number of Topliss-reactive ketones (excluding diaryl/α,β-unsaturated/α-hetero) is 1. The van der Waals surface area contributed by atoms with Gasteiger partial charge in [-0.2, -0.15) is 0 Å². The van der Waals surface area contributed by atoms with Crippen molar-refractivity contribution in [3.63, 3.8) is 0 Å². The molecule has 3 aliphatic rings. The van der Waals surface area contributed by atoms with Crippen molar-refractivity contribution < 1.29 is 14.4 Å². The zero-order valence-electron chi connectivity index (χ0n) is 17.0. The fraction of sp³-hybridized carbons (Fsp3) is 0.522. The van der Waals surface area contributed by atoms with E-state index in [-0.39, 0.29) is 23.6 Å². The highest BCUT2D eigenvalue weighted by molar-refractivity contribution is 6.11. The molecule has 2 amide bonds. The van der Waals surface area contributed by atoms with Crippen LogP contribution in [-0.4, -0.2) is 41.1 Å². The number of fused-ring (bicyclic) bond motifs is 5. The summed E-state index contributed by atoms with van der Waals surface area (Å²) < 4.78 is 0. The second kappa shape index (κ2) is 6.57. The van der Waals surface area contributed by atoms with Gasteiger partial charge in [0.25, 0.3) is 0 Å². The molecule has 1 aromatic rings. The predicted molar refractivity (Wildman–Crippen MR) is 109 cm³/mol. The monoisotopic (exact) mass is 380 g/mol.